The van der Waals surface area contributed by atoms with Crippen LogP contribution in [0.5, 0.6) is 0 Å². The van der Waals surface area contributed by atoms with Crippen LogP contribution in [0.1, 0.15) is 40.5 Å². The van der Waals surface area contributed by atoms with E-state index < -0.39 is 0 Å². The van der Waals surface area contributed by atoms with E-state index in [4.69, 9.17) is 0 Å². The molecule has 1 saturated carbocycles. The molecule has 1 aromatic heterocycles. The zero-order valence-electron chi connectivity index (χ0n) is 17.9. The van der Waals surface area contributed by atoms with Crippen LogP contribution in [0, 0.1) is 19.8 Å². The van der Waals surface area contributed by atoms with Crippen LogP contribution in [0.3, 0.4) is 0 Å². The fourth-order valence-corrected chi connectivity index (χ4v) is 4.93. The third-order valence-electron chi connectivity index (χ3n) is 6.51. The van der Waals surface area contributed by atoms with Gasteiger partial charge in [-0.05, 0) is 55.4 Å². The van der Waals surface area contributed by atoms with E-state index in [0.29, 0.717) is 0 Å². The van der Waals surface area contributed by atoms with Crippen molar-refractivity contribution in [1.29, 1.82) is 0 Å². The van der Waals surface area contributed by atoms with Gasteiger partial charge >= 0.3 is 0 Å². The topological polar surface area (TPSA) is 42.0 Å². The van der Waals surface area contributed by atoms with Gasteiger partial charge < -0.3 is 5.32 Å². The first-order chi connectivity index (χ1) is 15.1. The Hall–Kier alpha value is -3.46. The van der Waals surface area contributed by atoms with Gasteiger partial charge in [0, 0.05) is 11.6 Å². The van der Waals surface area contributed by atoms with Gasteiger partial charge in [-0.2, -0.15) is 0 Å². The maximum Gasteiger partial charge on any atom is 0.228 e. The summed E-state index contributed by atoms with van der Waals surface area (Å²) in [7, 11) is 0. The van der Waals surface area contributed by atoms with Crippen molar-refractivity contribution in [3.63, 3.8) is 0 Å². The van der Waals surface area contributed by atoms with E-state index in [0.717, 1.165) is 23.0 Å². The second kappa shape index (κ2) is 7.99. The van der Waals surface area contributed by atoms with Gasteiger partial charge in [-0.25, -0.2) is 0 Å². The molecule has 4 aromatic rings. The van der Waals surface area contributed by atoms with E-state index in [-0.39, 0.29) is 23.7 Å². The molecule has 1 unspecified atom stereocenters. The molecule has 1 fully saturated rings. The SMILES string of the molecule is Cc1cccc([C@H]2C[C@@H](c3cccc(C)c3)C2C(=O)Nc2cccc3cccnc23)c1. The summed E-state index contributed by atoms with van der Waals surface area (Å²) < 4.78 is 0. The zero-order valence-corrected chi connectivity index (χ0v) is 17.9. The molecular formula is C28H26N2O. The molecule has 154 valence electrons. The van der Waals surface area contributed by atoms with Crippen molar-refractivity contribution < 1.29 is 4.79 Å². The minimum absolute atomic E-state index is 0.0717. The minimum Gasteiger partial charge on any atom is -0.324 e. The maximum atomic E-state index is 13.6. The summed E-state index contributed by atoms with van der Waals surface area (Å²) in [6.45, 7) is 4.22. The number of pyridine rings is 1. The molecule has 3 nitrogen and oxygen atoms in total. The summed E-state index contributed by atoms with van der Waals surface area (Å²) in [5.41, 5.74) is 6.57. The molecule has 3 heteroatoms. The number of para-hydroxylation sites is 1. The van der Waals surface area contributed by atoms with Crippen molar-refractivity contribution in [3.05, 3.63) is 107 Å². The van der Waals surface area contributed by atoms with Crippen molar-refractivity contribution in [3.8, 4) is 0 Å². The van der Waals surface area contributed by atoms with Gasteiger partial charge in [0.05, 0.1) is 17.1 Å². The standard InChI is InChI=1S/C28H26N2O/c1-18-7-3-10-21(15-18)23-17-24(22-11-4-8-19(2)16-22)26(23)28(31)30-25-13-5-9-20-12-6-14-29-27(20)25/h3-16,23-24,26H,17H2,1-2H3,(H,30,31)/t23-,24+,26?. The summed E-state index contributed by atoms with van der Waals surface area (Å²) >= 11 is 0. The fourth-order valence-electron chi connectivity index (χ4n) is 4.93. The smallest absolute Gasteiger partial charge is 0.228 e. The largest absolute Gasteiger partial charge is 0.324 e. The highest BCUT2D eigenvalue weighted by atomic mass is 16.2. The number of amides is 1. The molecule has 1 amide bonds. The van der Waals surface area contributed by atoms with E-state index in [1.807, 2.05) is 30.3 Å². The van der Waals surface area contributed by atoms with Crippen LogP contribution in [-0.4, -0.2) is 10.9 Å². The fraction of sp³-hybridized carbons (Fsp3) is 0.214. The van der Waals surface area contributed by atoms with E-state index in [1.54, 1.807) is 6.20 Å². The Morgan fingerprint density at radius 3 is 2.10 bits per heavy atom. The lowest BCUT2D eigenvalue weighted by atomic mass is 9.59. The van der Waals surface area contributed by atoms with E-state index in [9.17, 15) is 4.79 Å². The number of carbonyl (C=O) groups is 1. The number of fused-ring (bicyclic) bond motifs is 1. The average Bonchev–Trinajstić information content (AvgIpc) is 2.73. The maximum absolute atomic E-state index is 13.6. The van der Waals surface area contributed by atoms with Crippen LogP contribution in [0.4, 0.5) is 5.69 Å². The number of anilines is 1. The lowest BCUT2D eigenvalue weighted by Crippen LogP contribution is -2.42. The van der Waals surface area contributed by atoms with Gasteiger partial charge in [0.25, 0.3) is 0 Å². The number of aryl methyl sites for hydroxylation is 2. The van der Waals surface area contributed by atoms with Gasteiger partial charge in [-0.15, -0.1) is 0 Å². The number of rotatable bonds is 4. The Bertz CT molecular complexity index is 1210. The molecule has 31 heavy (non-hydrogen) atoms. The van der Waals surface area contributed by atoms with Crippen LogP contribution >= 0.6 is 0 Å². The van der Waals surface area contributed by atoms with Gasteiger partial charge in [-0.3, -0.25) is 9.78 Å². The van der Waals surface area contributed by atoms with Gasteiger partial charge in [-0.1, -0.05) is 77.9 Å². The highest BCUT2D eigenvalue weighted by molar-refractivity contribution is 6.02. The summed E-state index contributed by atoms with van der Waals surface area (Å²) in [6.07, 6.45) is 2.76. The third-order valence-corrected chi connectivity index (χ3v) is 6.51. The molecule has 1 aliphatic rings. The molecule has 0 aliphatic heterocycles. The Morgan fingerprint density at radius 2 is 1.45 bits per heavy atom. The monoisotopic (exact) mass is 406 g/mol. The Kier molecular flexibility index (Phi) is 5.03. The highest BCUT2D eigenvalue weighted by Gasteiger charge is 2.47. The zero-order chi connectivity index (χ0) is 21.4. The molecule has 5 rings (SSSR count). The number of hydrogen-bond acceptors (Lipinski definition) is 2. The first kappa shape index (κ1) is 19.5. The van der Waals surface area contributed by atoms with Crippen molar-refractivity contribution >= 4 is 22.5 Å². The molecule has 0 radical (unpaired) electrons. The normalized spacial score (nSPS) is 20.3. The highest BCUT2D eigenvalue weighted by Crippen LogP contribution is 2.53. The summed E-state index contributed by atoms with van der Waals surface area (Å²) in [5.74, 6) is 0.395. The van der Waals surface area contributed by atoms with Crippen molar-refractivity contribution in [2.75, 3.05) is 5.32 Å². The second-order valence-corrected chi connectivity index (χ2v) is 8.67. The van der Waals surface area contributed by atoms with E-state index >= 15 is 0 Å². The van der Waals surface area contributed by atoms with Crippen LogP contribution in [0.25, 0.3) is 10.9 Å². The quantitative estimate of drug-likeness (QED) is 0.427. The van der Waals surface area contributed by atoms with Crippen LogP contribution < -0.4 is 5.32 Å². The summed E-state index contributed by atoms with van der Waals surface area (Å²) in [5, 5.41) is 4.24. The van der Waals surface area contributed by atoms with Crippen LogP contribution in [-0.2, 0) is 4.79 Å². The summed E-state index contributed by atoms with van der Waals surface area (Å²) in [4.78, 5) is 18.1. The minimum atomic E-state index is -0.109. The van der Waals surface area contributed by atoms with Gasteiger partial charge in [0.15, 0.2) is 0 Å². The van der Waals surface area contributed by atoms with Crippen molar-refractivity contribution in [2.45, 2.75) is 32.1 Å². The molecule has 1 heterocycles. The molecule has 1 aliphatic carbocycles. The van der Waals surface area contributed by atoms with Crippen LogP contribution in [0.2, 0.25) is 0 Å². The lowest BCUT2D eigenvalue weighted by molar-refractivity contribution is -0.124. The molecule has 1 N–H and O–H groups in total. The predicted octanol–water partition coefficient (Wildman–Crippen LogP) is 6.38. The van der Waals surface area contributed by atoms with E-state index in [2.05, 4.69) is 72.7 Å². The number of benzene rings is 3. The Morgan fingerprint density at radius 1 is 0.839 bits per heavy atom. The Balaban J connectivity index is 1.49. The molecular weight excluding hydrogens is 380 g/mol. The average molecular weight is 407 g/mol. The number of aromatic nitrogens is 1. The molecule has 0 saturated heterocycles. The lowest BCUT2D eigenvalue weighted by Gasteiger charge is -2.44. The van der Waals surface area contributed by atoms with Gasteiger partial charge in [0.1, 0.15) is 0 Å². The van der Waals surface area contributed by atoms with Gasteiger partial charge in [0.2, 0.25) is 5.91 Å². The van der Waals surface area contributed by atoms with Crippen LogP contribution in [0.15, 0.2) is 85.1 Å². The molecule has 0 bridgehead atoms. The molecule has 3 aromatic carbocycles. The number of carbonyl (C=O) groups excluding carboxylic acids is 1. The number of nitrogens with one attached hydrogen (secondary N) is 1. The predicted molar refractivity (Wildman–Crippen MR) is 126 cm³/mol. The first-order valence-corrected chi connectivity index (χ1v) is 10.9. The number of hydrogen-bond donors (Lipinski definition) is 1. The summed E-state index contributed by atoms with van der Waals surface area (Å²) in [6, 6.07) is 27.0. The second-order valence-electron chi connectivity index (χ2n) is 8.67. The third kappa shape index (κ3) is 3.72. The van der Waals surface area contributed by atoms with Crippen molar-refractivity contribution in [1.82, 2.24) is 4.98 Å². The first-order valence-electron chi connectivity index (χ1n) is 10.9. The molecule has 3 atom stereocenters. The number of nitrogens with zero attached hydrogens (tertiary/aromatic N) is 1. The molecule has 0 spiro atoms. The van der Waals surface area contributed by atoms with E-state index in [1.165, 1.54) is 22.3 Å². The van der Waals surface area contributed by atoms with Crippen molar-refractivity contribution in [2.24, 2.45) is 5.92 Å². The Labute approximate surface area is 183 Å².